The Morgan fingerprint density at radius 3 is 2.76 bits per heavy atom. The molecule has 0 spiro atoms. The predicted octanol–water partition coefficient (Wildman–Crippen LogP) is 3.57. The first-order chi connectivity index (χ1) is 12.1. The molecule has 4 rings (SSSR count). The normalized spacial score (nSPS) is 25.6. The second kappa shape index (κ2) is 6.84. The number of benzene rings is 1. The number of carbonyl (C=O) groups excluding carboxylic acids is 1. The first-order valence-corrected chi connectivity index (χ1v) is 9.73. The first kappa shape index (κ1) is 16.7. The van der Waals surface area contributed by atoms with E-state index in [1.54, 1.807) is 23.5 Å². The van der Waals surface area contributed by atoms with Gasteiger partial charge >= 0.3 is 0 Å². The van der Waals surface area contributed by atoms with Crippen molar-refractivity contribution in [3.8, 4) is 10.6 Å². The van der Waals surface area contributed by atoms with Crippen molar-refractivity contribution in [3.05, 3.63) is 40.7 Å². The van der Waals surface area contributed by atoms with E-state index >= 15 is 0 Å². The molecular formula is C19H22FN3OS. The fourth-order valence-electron chi connectivity index (χ4n) is 3.82. The standard InChI is InChI=1S/C19H22FN3OS/c20-13-7-4-11(5-8-13)19-23-16-3-1-2-15(17(16)25-19)22-18(24)12-6-9-14(21)10-12/h4-5,7-8,12,14-15H,1-3,6,9-10,21H2,(H,22,24). The summed E-state index contributed by atoms with van der Waals surface area (Å²) < 4.78 is 13.1. The maximum atomic E-state index is 13.1. The molecule has 3 N–H and O–H groups in total. The van der Waals surface area contributed by atoms with Gasteiger partial charge in [0.2, 0.25) is 5.91 Å². The number of halogens is 1. The number of hydrogen-bond acceptors (Lipinski definition) is 4. The van der Waals surface area contributed by atoms with E-state index in [9.17, 15) is 9.18 Å². The van der Waals surface area contributed by atoms with Gasteiger partial charge in [0.15, 0.2) is 0 Å². The number of aryl methyl sites for hydroxylation is 1. The molecule has 2 aromatic rings. The first-order valence-electron chi connectivity index (χ1n) is 8.91. The van der Waals surface area contributed by atoms with Crippen LogP contribution in [0.15, 0.2) is 24.3 Å². The lowest BCUT2D eigenvalue weighted by atomic mass is 9.97. The van der Waals surface area contributed by atoms with Crippen LogP contribution in [0.3, 0.4) is 0 Å². The summed E-state index contributed by atoms with van der Waals surface area (Å²) in [5.41, 5.74) is 7.93. The molecule has 1 fully saturated rings. The largest absolute Gasteiger partial charge is 0.348 e. The Morgan fingerprint density at radius 1 is 1.24 bits per heavy atom. The lowest BCUT2D eigenvalue weighted by Gasteiger charge is -2.24. The van der Waals surface area contributed by atoms with E-state index in [1.807, 2.05) is 0 Å². The summed E-state index contributed by atoms with van der Waals surface area (Å²) in [6, 6.07) is 6.63. The van der Waals surface area contributed by atoms with Crippen molar-refractivity contribution in [3.63, 3.8) is 0 Å². The molecule has 1 saturated carbocycles. The predicted molar refractivity (Wildman–Crippen MR) is 96.6 cm³/mol. The maximum Gasteiger partial charge on any atom is 0.223 e. The molecule has 2 aliphatic rings. The van der Waals surface area contributed by atoms with Crippen LogP contribution in [0, 0.1) is 11.7 Å². The number of nitrogens with zero attached hydrogens (tertiary/aromatic N) is 1. The molecule has 1 aromatic heterocycles. The Kier molecular flexibility index (Phi) is 4.56. The van der Waals surface area contributed by atoms with Crippen molar-refractivity contribution >= 4 is 17.2 Å². The minimum Gasteiger partial charge on any atom is -0.348 e. The highest BCUT2D eigenvalue weighted by molar-refractivity contribution is 7.15. The van der Waals surface area contributed by atoms with Crippen LogP contribution < -0.4 is 11.1 Å². The monoisotopic (exact) mass is 359 g/mol. The average Bonchev–Trinajstić information content (AvgIpc) is 3.22. The Bertz CT molecular complexity index is 773. The van der Waals surface area contributed by atoms with Gasteiger partial charge in [-0.3, -0.25) is 4.79 Å². The van der Waals surface area contributed by atoms with Crippen LogP contribution in [0.2, 0.25) is 0 Å². The Morgan fingerprint density at radius 2 is 2.04 bits per heavy atom. The zero-order valence-electron chi connectivity index (χ0n) is 14.0. The smallest absolute Gasteiger partial charge is 0.223 e. The summed E-state index contributed by atoms with van der Waals surface area (Å²) in [5.74, 6) is -0.0719. The molecule has 25 heavy (non-hydrogen) atoms. The van der Waals surface area contributed by atoms with Crippen molar-refractivity contribution in [2.45, 2.75) is 50.6 Å². The fraction of sp³-hybridized carbons (Fsp3) is 0.474. The van der Waals surface area contributed by atoms with Crippen LogP contribution >= 0.6 is 11.3 Å². The maximum absolute atomic E-state index is 13.1. The molecule has 0 bridgehead atoms. The molecule has 4 nitrogen and oxygen atoms in total. The van der Waals surface area contributed by atoms with Crippen LogP contribution in [-0.4, -0.2) is 16.9 Å². The number of thiazole rings is 1. The van der Waals surface area contributed by atoms with Gasteiger partial charge in [-0.2, -0.15) is 0 Å². The van der Waals surface area contributed by atoms with Gasteiger partial charge in [0.05, 0.1) is 16.6 Å². The molecule has 3 unspecified atom stereocenters. The molecule has 1 aromatic carbocycles. The lowest BCUT2D eigenvalue weighted by molar-refractivity contribution is -0.125. The Hall–Kier alpha value is -1.79. The van der Waals surface area contributed by atoms with Crippen LogP contribution in [0.25, 0.3) is 10.6 Å². The van der Waals surface area contributed by atoms with Crippen molar-refractivity contribution in [2.75, 3.05) is 0 Å². The van der Waals surface area contributed by atoms with E-state index in [0.717, 1.165) is 59.7 Å². The van der Waals surface area contributed by atoms with Crippen molar-refractivity contribution in [1.29, 1.82) is 0 Å². The van der Waals surface area contributed by atoms with Gasteiger partial charge in [-0.1, -0.05) is 0 Å². The quantitative estimate of drug-likeness (QED) is 0.880. The third-order valence-electron chi connectivity index (χ3n) is 5.20. The molecule has 3 atom stereocenters. The fourth-order valence-corrected chi connectivity index (χ4v) is 5.02. The summed E-state index contributed by atoms with van der Waals surface area (Å²) in [7, 11) is 0. The number of amides is 1. The van der Waals surface area contributed by atoms with Gasteiger partial charge in [-0.05, 0) is 62.8 Å². The number of fused-ring (bicyclic) bond motifs is 1. The highest BCUT2D eigenvalue weighted by Gasteiger charge is 2.32. The highest BCUT2D eigenvalue weighted by atomic mass is 32.1. The third-order valence-corrected chi connectivity index (χ3v) is 6.46. The van der Waals surface area contributed by atoms with Crippen molar-refractivity contribution < 1.29 is 9.18 Å². The number of nitrogens with one attached hydrogen (secondary N) is 1. The average molecular weight is 359 g/mol. The van der Waals surface area contributed by atoms with E-state index < -0.39 is 0 Å². The van der Waals surface area contributed by atoms with Crippen LogP contribution in [-0.2, 0) is 11.2 Å². The topological polar surface area (TPSA) is 68.0 Å². The zero-order chi connectivity index (χ0) is 17.4. The number of rotatable bonds is 3. The van der Waals surface area contributed by atoms with Gasteiger partial charge in [0.1, 0.15) is 10.8 Å². The van der Waals surface area contributed by atoms with Gasteiger partial charge in [0, 0.05) is 17.5 Å². The number of aromatic nitrogens is 1. The number of nitrogens with two attached hydrogens (primary N) is 1. The van der Waals surface area contributed by atoms with Crippen LogP contribution in [0.1, 0.15) is 48.7 Å². The van der Waals surface area contributed by atoms with E-state index in [0.29, 0.717) is 0 Å². The van der Waals surface area contributed by atoms with Gasteiger partial charge in [-0.15, -0.1) is 11.3 Å². The van der Waals surface area contributed by atoms with Crippen LogP contribution in [0.4, 0.5) is 4.39 Å². The molecule has 0 radical (unpaired) electrons. The molecule has 1 heterocycles. The van der Waals surface area contributed by atoms with Crippen molar-refractivity contribution in [2.24, 2.45) is 11.7 Å². The second-order valence-electron chi connectivity index (χ2n) is 7.06. The van der Waals surface area contributed by atoms with E-state index in [1.165, 1.54) is 12.1 Å². The minimum absolute atomic E-state index is 0.0415. The SMILES string of the molecule is NC1CCC(C(=O)NC2CCCc3nc(-c4ccc(F)cc4)sc32)C1. The minimum atomic E-state index is -0.245. The van der Waals surface area contributed by atoms with Gasteiger partial charge in [-0.25, -0.2) is 9.37 Å². The summed E-state index contributed by atoms with van der Waals surface area (Å²) >= 11 is 1.61. The Balaban J connectivity index is 1.53. The summed E-state index contributed by atoms with van der Waals surface area (Å²) in [5, 5.41) is 4.12. The molecular weight excluding hydrogens is 337 g/mol. The molecule has 6 heteroatoms. The Labute approximate surface area is 150 Å². The summed E-state index contributed by atoms with van der Waals surface area (Å²) in [4.78, 5) is 18.5. The molecule has 0 saturated heterocycles. The molecule has 1 amide bonds. The van der Waals surface area contributed by atoms with Crippen molar-refractivity contribution in [1.82, 2.24) is 10.3 Å². The zero-order valence-corrected chi connectivity index (χ0v) is 14.8. The van der Waals surface area contributed by atoms with Gasteiger partial charge in [0.25, 0.3) is 0 Å². The van der Waals surface area contributed by atoms with E-state index in [4.69, 9.17) is 10.7 Å². The molecule has 132 valence electrons. The number of hydrogen-bond donors (Lipinski definition) is 2. The van der Waals surface area contributed by atoms with Crippen LogP contribution in [0.5, 0.6) is 0 Å². The lowest BCUT2D eigenvalue weighted by Crippen LogP contribution is -2.34. The third kappa shape index (κ3) is 3.46. The van der Waals surface area contributed by atoms with E-state index in [2.05, 4.69) is 5.32 Å². The summed E-state index contributed by atoms with van der Waals surface area (Å²) in [6.45, 7) is 0. The van der Waals surface area contributed by atoms with Gasteiger partial charge < -0.3 is 11.1 Å². The van der Waals surface area contributed by atoms with E-state index in [-0.39, 0.29) is 29.7 Å². The highest BCUT2D eigenvalue weighted by Crippen LogP contribution is 2.38. The molecule has 2 aliphatic carbocycles. The molecule has 0 aliphatic heterocycles. The number of carbonyl (C=O) groups is 1. The second-order valence-corrected chi connectivity index (χ2v) is 8.09. The summed E-state index contributed by atoms with van der Waals surface area (Å²) in [6.07, 6.45) is 5.51.